The van der Waals surface area contributed by atoms with E-state index < -0.39 is 131 Å². The van der Waals surface area contributed by atoms with E-state index in [0.29, 0.717) is 29.0 Å². The Bertz CT molecular complexity index is 6060. The van der Waals surface area contributed by atoms with E-state index in [4.69, 9.17) is 11.6 Å². The summed E-state index contributed by atoms with van der Waals surface area (Å²) in [6, 6.07) is 9.21. The molecule has 1 fully saturated rings. The fraction of sp³-hybridized carbons (Fsp3) is 0.313. The summed E-state index contributed by atoms with van der Waals surface area (Å²) in [5.41, 5.74) is -5.50. The first-order valence-corrected chi connectivity index (χ1v) is 33.5. The molecule has 14 heterocycles. The van der Waals surface area contributed by atoms with Crippen molar-refractivity contribution in [2.75, 3.05) is 16.0 Å². The highest BCUT2D eigenvalue weighted by Crippen LogP contribution is 2.55. The maximum atomic E-state index is 14.1. The van der Waals surface area contributed by atoms with Crippen molar-refractivity contribution in [3.05, 3.63) is 197 Å². The van der Waals surface area contributed by atoms with Crippen LogP contribution < -0.4 is 32.6 Å². The molecule has 11 aromatic heterocycles. The van der Waals surface area contributed by atoms with Gasteiger partial charge in [0.15, 0.2) is 34.4 Å². The molecule has 113 heavy (non-hydrogen) atoms. The van der Waals surface area contributed by atoms with Crippen LogP contribution in [0, 0.1) is 18.7 Å². The van der Waals surface area contributed by atoms with E-state index in [1.807, 2.05) is 0 Å². The molecule has 3 amide bonds. The van der Waals surface area contributed by atoms with Gasteiger partial charge >= 0.3 is 36.3 Å². The third-order valence-corrected chi connectivity index (χ3v) is 19.6. The van der Waals surface area contributed by atoms with Gasteiger partial charge in [-0.15, -0.1) is 0 Å². The van der Waals surface area contributed by atoms with Gasteiger partial charge in [-0.05, 0) is 99.2 Å². The number of aryl methyl sites for hydroxylation is 4. The molecule has 1 aliphatic carbocycles. The highest BCUT2D eigenvalue weighted by molar-refractivity contribution is 6.30. The molecule has 1 aromatic carbocycles. The van der Waals surface area contributed by atoms with Gasteiger partial charge in [-0.3, -0.25) is 38.7 Å². The number of hydrogen-bond acceptors (Lipinski definition) is 20. The molecule has 12 aromatic rings. The summed E-state index contributed by atoms with van der Waals surface area (Å²) in [5.74, 6) is -18.2. The number of aromatic amines is 3. The fourth-order valence-electron chi connectivity index (χ4n) is 13.3. The molecule has 0 spiro atoms. The van der Waals surface area contributed by atoms with Crippen molar-refractivity contribution in [2.24, 2.45) is 5.92 Å². The van der Waals surface area contributed by atoms with Crippen LogP contribution in [0.4, 0.5) is 87.7 Å². The number of nitrogens with zero attached hydrogens (tertiary/aromatic N) is 17. The van der Waals surface area contributed by atoms with Crippen LogP contribution in [0.1, 0.15) is 102 Å². The number of alkyl halides is 15. The van der Waals surface area contributed by atoms with E-state index in [-0.39, 0.29) is 114 Å². The van der Waals surface area contributed by atoms with Crippen LogP contribution >= 0.6 is 11.6 Å². The lowest BCUT2D eigenvalue weighted by Crippen LogP contribution is -2.41. The highest BCUT2D eigenvalue weighted by atomic mass is 35.5. The van der Waals surface area contributed by atoms with E-state index in [0.717, 1.165) is 50.4 Å². The number of nitrogens with one attached hydrogen (secondary N) is 6. The van der Waals surface area contributed by atoms with Gasteiger partial charge in [-0.25, -0.2) is 62.8 Å². The molecule has 16 rings (SSSR count). The number of carbonyl (C=O) groups excluding carboxylic acids is 3. The molecule has 3 atom stereocenters. The summed E-state index contributed by atoms with van der Waals surface area (Å²) in [6.45, 7) is 4.89. The zero-order valence-corrected chi connectivity index (χ0v) is 58.2. The average Bonchev–Trinajstić information content (AvgIpc) is 1.54. The smallest absolute Gasteiger partial charge is 0.309 e. The molecule has 1 saturated carbocycles. The Kier molecular flexibility index (Phi) is 18.7. The van der Waals surface area contributed by atoms with Crippen LogP contribution in [-0.4, -0.2) is 153 Å². The molecule has 4 aliphatic rings. The minimum absolute atomic E-state index is 0.0296. The van der Waals surface area contributed by atoms with Crippen LogP contribution in [0.3, 0.4) is 0 Å². The summed E-state index contributed by atoms with van der Waals surface area (Å²) in [6.07, 6.45) is -10.8. The quantitative estimate of drug-likeness (QED) is 0.0490. The SMILES string of the molecule is CC1(c2ccc(Cl)cc2)C(=O)Nc2nc(-c3cn4ncnc4c(CCC(F)(F)C(F)(F)F)n3)[nH]c(=O)c21.Cc1cncc(C2(C)C(=O)Nc3nc(-c4cn5ncnc5c(CCC(F)(F)C(F)(F)F)n4)[nH]c(=O)c32)c1.O=C1Nc2nc(-c3cn4ncnc4c(CCC(F)(F)C(F)(F)F)n3)[nH]c(=O)c2C1(c1cncc(F)c1)C1CC1. The summed E-state index contributed by atoms with van der Waals surface area (Å²) in [5, 5.41) is 19.8. The summed E-state index contributed by atoms with van der Waals surface area (Å²) < 4.78 is 213. The average molecular weight is 1610 g/mol. The molecule has 3 aliphatic heterocycles. The molecule has 3 unspecified atom stereocenters. The molecule has 0 radical (unpaired) electrons. The number of halogens is 17. The second-order valence-corrected chi connectivity index (χ2v) is 27.1. The Hall–Kier alpha value is -12.6. The Morgan fingerprint density at radius 2 is 0.823 bits per heavy atom. The predicted molar refractivity (Wildman–Crippen MR) is 359 cm³/mol. The van der Waals surface area contributed by atoms with Crippen LogP contribution in [0.15, 0.2) is 113 Å². The third kappa shape index (κ3) is 13.6. The highest BCUT2D eigenvalue weighted by Gasteiger charge is 2.62. The van der Waals surface area contributed by atoms with E-state index in [2.05, 4.69) is 101 Å². The van der Waals surface area contributed by atoms with Gasteiger partial charge in [0, 0.05) is 42.9 Å². The van der Waals surface area contributed by atoms with Gasteiger partial charge in [0.25, 0.3) is 16.7 Å². The molecule has 29 nitrogen and oxygen atoms in total. The number of rotatable bonds is 16. The first-order valence-electron chi connectivity index (χ1n) is 33.1. The molecule has 0 bridgehead atoms. The molecule has 6 N–H and O–H groups in total. The molecule has 586 valence electrons. The van der Waals surface area contributed by atoms with Crippen LogP contribution in [0.5, 0.6) is 0 Å². The minimum atomic E-state index is -5.75. The minimum Gasteiger partial charge on any atom is -0.309 e. The van der Waals surface area contributed by atoms with Crippen molar-refractivity contribution in [3.8, 4) is 34.6 Å². The number of H-pyrrole nitrogens is 3. The number of fused-ring (bicyclic) bond motifs is 6. The maximum absolute atomic E-state index is 14.1. The lowest BCUT2D eigenvalue weighted by molar-refractivity contribution is -0.284. The largest absolute Gasteiger partial charge is 0.453 e. The summed E-state index contributed by atoms with van der Waals surface area (Å²) in [7, 11) is 0. The van der Waals surface area contributed by atoms with Gasteiger partial charge in [-0.1, -0.05) is 29.8 Å². The molecule has 46 heteroatoms. The second kappa shape index (κ2) is 27.4. The predicted octanol–water partition coefficient (Wildman–Crippen LogP) is 10.1. The number of benzene rings is 1. The zero-order chi connectivity index (χ0) is 81.2. The first kappa shape index (κ1) is 77.1. The standard InChI is InChI=1S/C23H16F6N8O2.C22H15ClF5N7O2.C22H17F5N8O2/c24-12-5-11(6-30-7-12)22(10-1-2-10)15-17(36-20(22)39)34-16(35-19(15)38)14-8-37-18(31-9-32-37)13(33-14)3-4-21(25,26)23(27,28)29;1-20(10-2-4-11(23)5-3-10)14-16(34-19(20)37)32-15(33-18(14)36)13-8-35-17(29-9-30-35)12(31-13)6-7-21(24,25)22(26,27)28;1-10-5-11(7-28-6-10)20(2)14-16(34-19(20)37)32-15(33-18(14)36)13-8-35-17(29-9-30-35)12(31-13)3-4-21(23,24)22(25,26)27/h5-10H,1-4H2,(H2,34,35,36,38,39);2-5,8-9H,6-7H2,1H3,(H2,32,33,34,36,37);5-9H,3-4H2,1-2H3,(H2,32,33,34,36,37). The van der Waals surface area contributed by atoms with Crippen molar-refractivity contribution < 1.29 is 84.6 Å². The lowest BCUT2D eigenvalue weighted by atomic mass is 9.72. The van der Waals surface area contributed by atoms with Crippen molar-refractivity contribution in [1.29, 1.82) is 0 Å². The topological polar surface area (TPSA) is 380 Å². The van der Waals surface area contributed by atoms with E-state index >= 15 is 0 Å². The number of aromatic nitrogens is 20. The number of amides is 3. The third-order valence-electron chi connectivity index (χ3n) is 19.3. The zero-order valence-electron chi connectivity index (χ0n) is 57.4. The van der Waals surface area contributed by atoms with Crippen LogP contribution in [-0.2, 0) is 49.9 Å². The van der Waals surface area contributed by atoms with E-state index in [1.165, 1.54) is 31.0 Å². The fourth-order valence-corrected chi connectivity index (χ4v) is 13.5. The van der Waals surface area contributed by atoms with Gasteiger partial charge in [0.2, 0.25) is 17.7 Å². The monoisotopic (exact) mass is 1610 g/mol. The normalized spacial score (nSPS) is 18.3. The Morgan fingerprint density at radius 1 is 0.460 bits per heavy atom. The number of anilines is 3. The van der Waals surface area contributed by atoms with Gasteiger partial charge in [0.1, 0.15) is 75.6 Å². The Labute approximate surface area is 622 Å². The van der Waals surface area contributed by atoms with Crippen molar-refractivity contribution >= 4 is 63.7 Å². The van der Waals surface area contributed by atoms with Crippen LogP contribution in [0.2, 0.25) is 5.02 Å². The molecular weight excluding hydrogens is 1560 g/mol. The number of pyridine rings is 2. The van der Waals surface area contributed by atoms with E-state index in [9.17, 15) is 99.0 Å². The summed E-state index contributed by atoms with van der Waals surface area (Å²) in [4.78, 5) is 132. The van der Waals surface area contributed by atoms with Gasteiger partial charge < -0.3 is 30.9 Å². The summed E-state index contributed by atoms with van der Waals surface area (Å²) >= 11 is 5.94. The van der Waals surface area contributed by atoms with Gasteiger partial charge in [-0.2, -0.15) is 81.2 Å². The molecular formula is C67H48ClF16N23O6. The van der Waals surface area contributed by atoms with Gasteiger partial charge in [0.05, 0.1) is 58.6 Å². The van der Waals surface area contributed by atoms with E-state index in [1.54, 1.807) is 57.3 Å². The van der Waals surface area contributed by atoms with Crippen molar-refractivity contribution in [3.63, 3.8) is 0 Å². The van der Waals surface area contributed by atoms with Crippen LogP contribution in [0.25, 0.3) is 51.5 Å². The Balaban J connectivity index is 0.000000141. The number of carbonyl (C=O) groups is 3. The van der Waals surface area contributed by atoms with Crippen molar-refractivity contribution in [1.82, 2.24) is 98.6 Å². The maximum Gasteiger partial charge on any atom is 0.453 e. The Morgan fingerprint density at radius 3 is 1.20 bits per heavy atom. The molecule has 0 saturated heterocycles. The first-order chi connectivity index (χ1) is 53.0. The van der Waals surface area contributed by atoms with Crippen molar-refractivity contribution in [2.45, 2.75) is 125 Å². The second-order valence-electron chi connectivity index (χ2n) is 26.7. The number of hydrogen-bond donors (Lipinski definition) is 6. The lowest BCUT2D eigenvalue weighted by Gasteiger charge is -2.26.